The van der Waals surface area contributed by atoms with Crippen LogP contribution in [-0.2, 0) is 0 Å². The van der Waals surface area contributed by atoms with Gasteiger partial charge in [0, 0.05) is 11.1 Å². The Hall–Kier alpha value is -3.68. The van der Waals surface area contributed by atoms with E-state index in [1.54, 1.807) is 5.19 Å². The fourth-order valence-electron chi connectivity index (χ4n) is 7.45. The Morgan fingerprint density at radius 3 is 1.44 bits per heavy atom. The standard InChI is InChI=1S/C35H30Si/c1-23-21-32-28-15-9-7-11-25(28)17-19-30(32)34(23)36(3,27-13-5-4-6-14-27)35-24(2)22-33-29-16-10-8-12-26(29)18-20-31(33)35/h4-22,34-35H,1-3H3. The zero-order chi connectivity index (χ0) is 24.4. The van der Waals surface area contributed by atoms with Gasteiger partial charge in [0.25, 0.3) is 0 Å². The molecule has 0 aliphatic heterocycles. The van der Waals surface area contributed by atoms with Crippen molar-refractivity contribution >= 4 is 47.0 Å². The van der Waals surface area contributed by atoms with Gasteiger partial charge in [-0.3, -0.25) is 0 Å². The second-order valence-corrected chi connectivity index (χ2v) is 15.2. The molecule has 174 valence electrons. The summed E-state index contributed by atoms with van der Waals surface area (Å²) in [6, 6.07) is 38.7. The first kappa shape index (κ1) is 21.6. The van der Waals surface area contributed by atoms with Gasteiger partial charge < -0.3 is 0 Å². The molecule has 0 fully saturated rings. The van der Waals surface area contributed by atoms with E-state index in [0.717, 1.165) is 0 Å². The molecule has 1 heteroatoms. The molecule has 0 saturated heterocycles. The van der Waals surface area contributed by atoms with Gasteiger partial charge in [-0.05, 0) is 57.6 Å². The van der Waals surface area contributed by atoms with Gasteiger partial charge in [0.1, 0.15) is 8.07 Å². The molecule has 0 N–H and O–H groups in total. The van der Waals surface area contributed by atoms with Gasteiger partial charge >= 0.3 is 0 Å². The molecule has 0 bridgehead atoms. The van der Waals surface area contributed by atoms with E-state index in [-0.39, 0.29) is 0 Å². The molecule has 0 radical (unpaired) electrons. The van der Waals surface area contributed by atoms with Crippen molar-refractivity contribution in [2.24, 2.45) is 0 Å². The Morgan fingerprint density at radius 2 is 0.944 bits per heavy atom. The molecule has 0 amide bonds. The van der Waals surface area contributed by atoms with Crippen LogP contribution in [0.2, 0.25) is 6.55 Å². The molecule has 2 aliphatic carbocycles. The molecule has 0 heterocycles. The smallest absolute Gasteiger partial charge is 0.0675 e. The highest BCUT2D eigenvalue weighted by atomic mass is 28.3. The molecule has 2 aliphatic rings. The predicted octanol–water partition coefficient (Wildman–Crippen LogP) is 8.76. The maximum Gasteiger partial charge on any atom is 0.106 e. The molecule has 5 aromatic carbocycles. The van der Waals surface area contributed by atoms with Gasteiger partial charge in [0.2, 0.25) is 0 Å². The first-order valence-electron chi connectivity index (χ1n) is 13.0. The summed E-state index contributed by atoms with van der Waals surface area (Å²) in [4.78, 5) is 0. The molecule has 2 atom stereocenters. The minimum Gasteiger partial charge on any atom is -0.0675 e. The number of benzene rings is 5. The van der Waals surface area contributed by atoms with E-state index in [0.29, 0.717) is 11.1 Å². The minimum atomic E-state index is -2.20. The van der Waals surface area contributed by atoms with Crippen LogP contribution in [0, 0.1) is 0 Å². The maximum atomic E-state index is 2.65. The molecule has 0 aromatic heterocycles. The SMILES string of the molecule is CC1=Cc2c(ccc3ccccc23)C1[Si](C)(c1ccccc1)C1C(C)=Cc2c1ccc1ccccc21. The molecule has 5 aromatic rings. The molecular weight excluding hydrogens is 448 g/mol. The number of allylic oxidation sites excluding steroid dienone is 2. The summed E-state index contributed by atoms with van der Waals surface area (Å²) in [5, 5.41) is 6.97. The Morgan fingerprint density at radius 1 is 0.500 bits per heavy atom. The van der Waals surface area contributed by atoms with E-state index in [1.165, 1.54) is 54.9 Å². The van der Waals surface area contributed by atoms with Crippen LogP contribution in [0.4, 0.5) is 0 Å². The van der Waals surface area contributed by atoms with Gasteiger partial charge in [-0.25, -0.2) is 0 Å². The summed E-state index contributed by atoms with van der Waals surface area (Å²) < 4.78 is 0. The van der Waals surface area contributed by atoms with Gasteiger partial charge in [0.05, 0.1) is 0 Å². The third-order valence-electron chi connectivity index (χ3n) is 8.88. The molecular formula is C35H30Si. The number of hydrogen-bond acceptors (Lipinski definition) is 0. The minimum absolute atomic E-state index is 0.435. The van der Waals surface area contributed by atoms with Crippen LogP contribution in [-0.4, -0.2) is 8.07 Å². The Kier molecular flexibility index (Phi) is 4.74. The Labute approximate surface area is 214 Å². The van der Waals surface area contributed by atoms with Gasteiger partial charge in [-0.2, -0.15) is 0 Å². The number of rotatable bonds is 3. The highest BCUT2D eigenvalue weighted by molar-refractivity contribution is 6.94. The van der Waals surface area contributed by atoms with Crippen LogP contribution in [0.1, 0.15) is 47.2 Å². The summed E-state index contributed by atoms with van der Waals surface area (Å²) in [6.45, 7) is 7.41. The largest absolute Gasteiger partial charge is 0.106 e. The average Bonchev–Trinajstić information content (AvgIpc) is 3.45. The van der Waals surface area contributed by atoms with Crippen molar-refractivity contribution in [3.8, 4) is 0 Å². The van der Waals surface area contributed by atoms with Crippen molar-refractivity contribution in [2.75, 3.05) is 0 Å². The molecule has 7 rings (SSSR count). The zero-order valence-electron chi connectivity index (χ0n) is 21.1. The van der Waals surface area contributed by atoms with Crippen molar-refractivity contribution in [1.82, 2.24) is 0 Å². The van der Waals surface area contributed by atoms with E-state index in [1.807, 2.05) is 0 Å². The van der Waals surface area contributed by atoms with Crippen molar-refractivity contribution in [2.45, 2.75) is 31.5 Å². The summed E-state index contributed by atoms with van der Waals surface area (Å²) in [5.74, 6) is 0. The van der Waals surface area contributed by atoms with Crippen LogP contribution in [0.25, 0.3) is 33.7 Å². The lowest BCUT2D eigenvalue weighted by Crippen LogP contribution is -2.55. The van der Waals surface area contributed by atoms with Crippen molar-refractivity contribution in [1.29, 1.82) is 0 Å². The summed E-state index contributed by atoms with van der Waals surface area (Å²) in [7, 11) is -2.20. The third kappa shape index (κ3) is 2.93. The van der Waals surface area contributed by atoms with E-state index >= 15 is 0 Å². The second-order valence-electron chi connectivity index (χ2n) is 10.9. The average molecular weight is 479 g/mol. The summed E-state index contributed by atoms with van der Waals surface area (Å²) in [5.41, 5.74) is 9.81. The lowest BCUT2D eigenvalue weighted by atomic mass is 10.0. The maximum absolute atomic E-state index is 2.65. The van der Waals surface area contributed by atoms with Crippen LogP contribution in [0.5, 0.6) is 0 Å². The van der Waals surface area contributed by atoms with E-state index < -0.39 is 8.07 Å². The number of hydrogen-bond donors (Lipinski definition) is 0. The van der Waals surface area contributed by atoms with Gasteiger partial charge in [0.15, 0.2) is 0 Å². The fourth-order valence-corrected chi connectivity index (χ4v) is 13.2. The molecule has 2 unspecified atom stereocenters. The normalized spacial score (nSPS) is 20.1. The van der Waals surface area contributed by atoms with Crippen LogP contribution in [0.15, 0.2) is 114 Å². The Bertz CT molecular complexity index is 1610. The monoisotopic (exact) mass is 478 g/mol. The van der Waals surface area contributed by atoms with Crippen molar-refractivity contribution < 1.29 is 0 Å². The topological polar surface area (TPSA) is 0 Å². The molecule has 0 nitrogen and oxygen atoms in total. The second kappa shape index (κ2) is 7.91. The summed E-state index contributed by atoms with van der Waals surface area (Å²) in [6.07, 6.45) is 4.98. The quantitative estimate of drug-likeness (QED) is 0.227. The lowest BCUT2D eigenvalue weighted by Gasteiger charge is -2.42. The molecule has 36 heavy (non-hydrogen) atoms. The first-order valence-corrected chi connectivity index (χ1v) is 15.7. The van der Waals surface area contributed by atoms with Crippen molar-refractivity contribution in [3.63, 3.8) is 0 Å². The summed E-state index contributed by atoms with van der Waals surface area (Å²) >= 11 is 0. The van der Waals surface area contributed by atoms with Gasteiger partial charge in [-0.15, -0.1) is 0 Å². The predicted molar refractivity (Wildman–Crippen MR) is 158 cm³/mol. The first-order chi connectivity index (χ1) is 17.6. The zero-order valence-corrected chi connectivity index (χ0v) is 22.1. The fraction of sp³-hybridized carbons (Fsp3) is 0.143. The third-order valence-corrected chi connectivity index (χ3v) is 14.4. The highest BCUT2D eigenvalue weighted by Gasteiger charge is 2.51. The van der Waals surface area contributed by atoms with Crippen LogP contribution < -0.4 is 5.19 Å². The van der Waals surface area contributed by atoms with Crippen LogP contribution in [0.3, 0.4) is 0 Å². The molecule has 0 saturated carbocycles. The Balaban J connectivity index is 1.50. The van der Waals surface area contributed by atoms with E-state index in [2.05, 4.69) is 136 Å². The van der Waals surface area contributed by atoms with Crippen molar-refractivity contribution in [3.05, 3.63) is 137 Å². The molecule has 0 spiro atoms. The highest BCUT2D eigenvalue weighted by Crippen LogP contribution is 2.53. The van der Waals surface area contributed by atoms with Crippen LogP contribution >= 0.6 is 0 Å². The van der Waals surface area contributed by atoms with Gasteiger partial charge in [-0.1, -0.05) is 138 Å². The van der Waals surface area contributed by atoms with E-state index in [9.17, 15) is 0 Å². The number of fused-ring (bicyclic) bond motifs is 6. The van der Waals surface area contributed by atoms with E-state index in [4.69, 9.17) is 0 Å². The lowest BCUT2D eigenvalue weighted by molar-refractivity contribution is 0.982.